The number of aromatic nitrogens is 1. The minimum absolute atomic E-state index is 0.196. The lowest BCUT2D eigenvalue weighted by molar-refractivity contribution is 0.0985. The molecule has 0 saturated carbocycles. The van der Waals surface area contributed by atoms with Gasteiger partial charge in [0.2, 0.25) is 10.0 Å². The lowest BCUT2D eigenvalue weighted by Gasteiger charge is -2.22. The molecule has 6 nitrogen and oxygen atoms in total. The number of rotatable bonds is 11. The first-order chi connectivity index (χ1) is 17.9. The third-order valence-corrected chi connectivity index (χ3v) is 9.85. The smallest absolute Gasteiger partial charge is 0.260 e. The number of unbranched alkanes of at least 4 members (excludes halogenated alkanes) is 1. The van der Waals surface area contributed by atoms with E-state index < -0.39 is 10.0 Å². The summed E-state index contributed by atoms with van der Waals surface area (Å²) in [4.78, 5) is 21.5. The lowest BCUT2D eigenvalue weighted by Crippen LogP contribution is -2.32. The van der Waals surface area contributed by atoms with Gasteiger partial charge < -0.3 is 0 Å². The average molecular weight is 554 g/mol. The van der Waals surface area contributed by atoms with Gasteiger partial charge in [0.25, 0.3) is 5.91 Å². The molecule has 4 rings (SSSR count). The van der Waals surface area contributed by atoms with Gasteiger partial charge in [-0.2, -0.15) is 4.31 Å². The molecule has 0 fully saturated rings. The van der Waals surface area contributed by atoms with Crippen molar-refractivity contribution in [3.05, 3.63) is 83.9 Å². The molecule has 0 spiro atoms. The molecule has 0 bridgehead atoms. The van der Waals surface area contributed by atoms with Gasteiger partial charge in [0.1, 0.15) is 0 Å². The molecule has 1 amide bonds. The standard InChI is InChI=1S/C28H31N3O3S3/c1-4-6-18-30(5-2)37(33,34)24-15-12-22(13-16-24)27(32)31(20-21-10-8-7-9-11-21)28-29-25-17-14-23(35-3)19-26(25)36-28/h7-17,19H,4-6,18,20H2,1-3H3. The highest BCUT2D eigenvalue weighted by molar-refractivity contribution is 7.98. The molecular weight excluding hydrogens is 523 g/mol. The number of fused-ring (bicyclic) bond motifs is 1. The Hall–Kier alpha value is -2.72. The van der Waals surface area contributed by atoms with Crippen LogP contribution in [-0.4, -0.2) is 43.0 Å². The normalized spacial score (nSPS) is 11.8. The van der Waals surface area contributed by atoms with Crippen LogP contribution < -0.4 is 4.90 Å². The highest BCUT2D eigenvalue weighted by Crippen LogP contribution is 2.33. The quantitative estimate of drug-likeness (QED) is 0.194. The molecule has 4 aromatic rings. The van der Waals surface area contributed by atoms with Crippen molar-refractivity contribution in [2.45, 2.75) is 43.0 Å². The van der Waals surface area contributed by atoms with Crippen molar-refractivity contribution in [3.63, 3.8) is 0 Å². The Morgan fingerprint density at radius 1 is 1.00 bits per heavy atom. The molecule has 1 heterocycles. The Morgan fingerprint density at radius 3 is 2.38 bits per heavy atom. The number of hydrogen-bond donors (Lipinski definition) is 0. The third kappa shape index (κ3) is 6.23. The van der Waals surface area contributed by atoms with Crippen LogP contribution in [0.3, 0.4) is 0 Å². The van der Waals surface area contributed by atoms with Crippen molar-refractivity contribution in [2.24, 2.45) is 0 Å². The summed E-state index contributed by atoms with van der Waals surface area (Å²) in [6, 6.07) is 22.1. The Balaban J connectivity index is 1.67. The van der Waals surface area contributed by atoms with E-state index in [1.54, 1.807) is 28.8 Å². The first-order valence-corrected chi connectivity index (χ1v) is 15.8. The molecule has 3 aromatic carbocycles. The molecule has 194 valence electrons. The number of benzene rings is 3. The zero-order valence-electron chi connectivity index (χ0n) is 21.3. The third-order valence-electron chi connectivity index (χ3n) is 6.10. The van der Waals surface area contributed by atoms with E-state index in [1.807, 2.05) is 62.6 Å². The van der Waals surface area contributed by atoms with E-state index >= 15 is 0 Å². The minimum Gasteiger partial charge on any atom is -0.279 e. The molecule has 0 aliphatic rings. The van der Waals surface area contributed by atoms with Crippen LogP contribution in [0, 0.1) is 0 Å². The van der Waals surface area contributed by atoms with Crippen LogP contribution in [-0.2, 0) is 16.6 Å². The molecule has 0 aliphatic carbocycles. The molecule has 0 saturated heterocycles. The molecular formula is C28H31N3O3S3. The van der Waals surface area contributed by atoms with E-state index in [-0.39, 0.29) is 10.8 Å². The summed E-state index contributed by atoms with van der Waals surface area (Å²) in [5.74, 6) is -0.227. The van der Waals surface area contributed by atoms with Crippen LogP contribution in [0.15, 0.2) is 82.6 Å². The number of carbonyl (C=O) groups is 1. The van der Waals surface area contributed by atoms with Crippen LogP contribution in [0.1, 0.15) is 42.6 Å². The summed E-state index contributed by atoms with van der Waals surface area (Å²) in [5, 5.41) is 0.607. The van der Waals surface area contributed by atoms with E-state index in [1.165, 1.54) is 27.8 Å². The fourth-order valence-corrected chi connectivity index (χ4v) is 6.99. The van der Waals surface area contributed by atoms with Gasteiger partial charge in [0.15, 0.2) is 5.13 Å². The molecule has 37 heavy (non-hydrogen) atoms. The van der Waals surface area contributed by atoms with Crippen molar-refractivity contribution >= 4 is 54.4 Å². The van der Waals surface area contributed by atoms with E-state index in [0.29, 0.717) is 30.3 Å². The van der Waals surface area contributed by atoms with Gasteiger partial charge in [0, 0.05) is 23.5 Å². The lowest BCUT2D eigenvalue weighted by atomic mass is 10.1. The fraction of sp³-hybridized carbons (Fsp3) is 0.286. The van der Waals surface area contributed by atoms with Gasteiger partial charge in [-0.1, -0.05) is 61.9 Å². The topological polar surface area (TPSA) is 70.6 Å². The zero-order valence-corrected chi connectivity index (χ0v) is 23.7. The molecule has 0 atom stereocenters. The summed E-state index contributed by atoms with van der Waals surface area (Å²) >= 11 is 3.14. The first-order valence-electron chi connectivity index (χ1n) is 12.3. The second kappa shape index (κ2) is 12.2. The Bertz CT molecular complexity index is 1450. The summed E-state index contributed by atoms with van der Waals surface area (Å²) < 4.78 is 28.7. The summed E-state index contributed by atoms with van der Waals surface area (Å²) in [5.41, 5.74) is 2.24. The zero-order chi connectivity index (χ0) is 26.4. The summed E-state index contributed by atoms with van der Waals surface area (Å²) in [7, 11) is -3.61. The largest absolute Gasteiger partial charge is 0.279 e. The van der Waals surface area contributed by atoms with Gasteiger partial charge in [-0.05, 0) is 60.7 Å². The molecule has 9 heteroatoms. The van der Waals surface area contributed by atoms with Crippen LogP contribution in [0.4, 0.5) is 5.13 Å². The number of amides is 1. The SMILES string of the molecule is CCCCN(CC)S(=O)(=O)c1ccc(C(=O)N(Cc2ccccc2)c2nc3ccc(SC)cc3s2)cc1. The fourth-order valence-electron chi connectivity index (χ4n) is 3.98. The first kappa shape index (κ1) is 27.3. The maximum absolute atomic E-state index is 13.8. The Morgan fingerprint density at radius 2 is 1.73 bits per heavy atom. The number of carbonyl (C=O) groups excluding carboxylic acids is 1. The molecule has 0 aliphatic heterocycles. The van der Waals surface area contributed by atoms with Crippen LogP contribution in [0.25, 0.3) is 10.2 Å². The minimum atomic E-state index is -3.61. The predicted octanol–water partition coefficient (Wildman–Crippen LogP) is 6.68. The number of thioether (sulfide) groups is 1. The van der Waals surface area contributed by atoms with Crippen LogP contribution in [0.2, 0.25) is 0 Å². The summed E-state index contributed by atoms with van der Waals surface area (Å²) in [6.45, 7) is 5.12. The predicted molar refractivity (Wildman–Crippen MR) is 154 cm³/mol. The van der Waals surface area contributed by atoms with Crippen LogP contribution >= 0.6 is 23.1 Å². The number of sulfonamides is 1. The van der Waals surface area contributed by atoms with Gasteiger partial charge in [-0.15, -0.1) is 11.8 Å². The molecule has 0 radical (unpaired) electrons. The summed E-state index contributed by atoms with van der Waals surface area (Å²) in [6.07, 6.45) is 3.75. The second-order valence-electron chi connectivity index (χ2n) is 8.58. The van der Waals surface area contributed by atoms with E-state index in [0.717, 1.165) is 33.5 Å². The van der Waals surface area contributed by atoms with Crippen molar-refractivity contribution in [1.29, 1.82) is 0 Å². The van der Waals surface area contributed by atoms with Crippen molar-refractivity contribution in [1.82, 2.24) is 9.29 Å². The Kier molecular flexibility index (Phi) is 9.02. The van der Waals surface area contributed by atoms with Crippen molar-refractivity contribution in [3.8, 4) is 0 Å². The number of anilines is 1. The molecule has 0 unspecified atom stereocenters. The van der Waals surface area contributed by atoms with Gasteiger partial charge >= 0.3 is 0 Å². The van der Waals surface area contributed by atoms with Gasteiger partial charge in [-0.3, -0.25) is 9.69 Å². The molecule has 1 aromatic heterocycles. The van der Waals surface area contributed by atoms with E-state index in [4.69, 9.17) is 4.98 Å². The highest BCUT2D eigenvalue weighted by atomic mass is 32.2. The van der Waals surface area contributed by atoms with Crippen LogP contribution in [0.5, 0.6) is 0 Å². The Labute approximate surface area is 227 Å². The maximum atomic E-state index is 13.8. The van der Waals surface area contributed by atoms with Gasteiger partial charge in [0.05, 0.1) is 21.7 Å². The average Bonchev–Trinajstić information content (AvgIpc) is 3.35. The number of thiazole rings is 1. The maximum Gasteiger partial charge on any atom is 0.260 e. The van der Waals surface area contributed by atoms with E-state index in [2.05, 4.69) is 6.07 Å². The van der Waals surface area contributed by atoms with Crippen molar-refractivity contribution in [2.75, 3.05) is 24.2 Å². The number of hydrogen-bond acceptors (Lipinski definition) is 6. The molecule has 0 N–H and O–H groups in total. The highest BCUT2D eigenvalue weighted by Gasteiger charge is 2.25. The van der Waals surface area contributed by atoms with E-state index in [9.17, 15) is 13.2 Å². The van der Waals surface area contributed by atoms with Gasteiger partial charge in [-0.25, -0.2) is 13.4 Å². The second-order valence-corrected chi connectivity index (χ2v) is 12.4. The van der Waals surface area contributed by atoms with Crippen molar-refractivity contribution < 1.29 is 13.2 Å². The monoisotopic (exact) mass is 553 g/mol. The number of nitrogens with zero attached hydrogens (tertiary/aromatic N) is 3.